The Balaban J connectivity index is 1.46. The molecule has 4 heterocycles. The lowest BCUT2D eigenvalue weighted by Gasteiger charge is -2.18. The monoisotopic (exact) mass is 481 g/mol. The SMILES string of the molecule is CC(C)(C)n1nc(-c2cc(C(=O)NCc3ccc4c(c3)NC(=O)CO4)nc3c(F)cnn23)oc1=O. The summed E-state index contributed by atoms with van der Waals surface area (Å²) in [5, 5.41) is 13.5. The van der Waals surface area contributed by atoms with Crippen molar-refractivity contribution in [2.45, 2.75) is 32.9 Å². The molecule has 2 amide bonds. The van der Waals surface area contributed by atoms with Gasteiger partial charge in [-0.1, -0.05) is 6.07 Å². The van der Waals surface area contributed by atoms with Crippen molar-refractivity contribution in [1.29, 1.82) is 0 Å². The molecule has 5 rings (SSSR count). The summed E-state index contributed by atoms with van der Waals surface area (Å²) < 4.78 is 27.2. The van der Waals surface area contributed by atoms with Gasteiger partial charge in [-0.15, -0.1) is 5.10 Å². The summed E-state index contributed by atoms with van der Waals surface area (Å²) in [6.07, 6.45) is 0.940. The third-order valence-electron chi connectivity index (χ3n) is 5.19. The molecule has 1 aliphatic heterocycles. The van der Waals surface area contributed by atoms with E-state index in [9.17, 15) is 18.8 Å². The van der Waals surface area contributed by atoms with Crippen LogP contribution in [0.1, 0.15) is 36.8 Å². The van der Waals surface area contributed by atoms with Gasteiger partial charge in [-0.25, -0.2) is 18.7 Å². The van der Waals surface area contributed by atoms with Crippen molar-refractivity contribution in [2.75, 3.05) is 11.9 Å². The number of fused-ring (bicyclic) bond motifs is 2. The van der Waals surface area contributed by atoms with Gasteiger partial charge in [0, 0.05) is 12.6 Å². The summed E-state index contributed by atoms with van der Waals surface area (Å²) in [7, 11) is 0. The second-order valence-corrected chi connectivity index (χ2v) is 8.86. The van der Waals surface area contributed by atoms with E-state index in [0.717, 1.165) is 15.4 Å². The lowest BCUT2D eigenvalue weighted by Crippen LogP contribution is -2.32. The van der Waals surface area contributed by atoms with E-state index in [1.807, 2.05) is 0 Å². The van der Waals surface area contributed by atoms with Gasteiger partial charge in [0.25, 0.3) is 17.7 Å². The maximum atomic E-state index is 14.4. The molecule has 3 aromatic heterocycles. The van der Waals surface area contributed by atoms with Crippen LogP contribution in [0.4, 0.5) is 10.1 Å². The second-order valence-electron chi connectivity index (χ2n) is 8.86. The fourth-order valence-corrected chi connectivity index (χ4v) is 3.52. The zero-order valence-corrected chi connectivity index (χ0v) is 19.0. The molecule has 0 spiro atoms. The number of carbonyl (C=O) groups is 2. The van der Waals surface area contributed by atoms with Crippen LogP contribution in [0.15, 0.2) is 39.7 Å². The number of ether oxygens (including phenoxy) is 1. The Bertz CT molecular complexity index is 1550. The highest BCUT2D eigenvalue weighted by Crippen LogP contribution is 2.28. The van der Waals surface area contributed by atoms with E-state index < -0.39 is 23.0 Å². The van der Waals surface area contributed by atoms with Crippen molar-refractivity contribution in [3.05, 3.63) is 58.1 Å². The third-order valence-corrected chi connectivity index (χ3v) is 5.19. The number of rotatable bonds is 4. The van der Waals surface area contributed by atoms with Gasteiger partial charge >= 0.3 is 5.76 Å². The van der Waals surface area contributed by atoms with Crippen LogP contribution in [0.2, 0.25) is 0 Å². The van der Waals surface area contributed by atoms with Crippen LogP contribution in [-0.4, -0.2) is 42.8 Å². The smallest absolute Gasteiger partial charge is 0.437 e. The Morgan fingerprint density at radius 1 is 1.26 bits per heavy atom. The molecule has 0 atom stereocenters. The fourth-order valence-electron chi connectivity index (χ4n) is 3.52. The molecule has 35 heavy (non-hydrogen) atoms. The number of nitrogens with one attached hydrogen (secondary N) is 2. The molecule has 0 saturated carbocycles. The van der Waals surface area contributed by atoms with Gasteiger partial charge in [-0.05, 0) is 38.5 Å². The first-order valence-electron chi connectivity index (χ1n) is 10.6. The molecule has 1 aromatic carbocycles. The van der Waals surface area contributed by atoms with Gasteiger partial charge in [0.1, 0.15) is 17.1 Å². The minimum absolute atomic E-state index is 0.0567. The van der Waals surface area contributed by atoms with E-state index in [0.29, 0.717) is 17.0 Å². The van der Waals surface area contributed by atoms with E-state index in [2.05, 4.69) is 25.8 Å². The molecule has 4 aromatic rings. The summed E-state index contributed by atoms with van der Waals surface area (Å²) in [4.78, 5) is 40.8. The molecule has 12 nitrogen and oxygen atoms in total. The van der Waals surface area contributed by atoms with E-state index in [1.165, 1.54) is 6.07 Å². The number of anilines is 1. The number of amides is 2. The average molecular weight is 481 g/mol. The van der Waals surface area contributed by atoms with Crippen LogP contribution in [-0.2, 0) is 16.9 Å². The van der Waals surface area contributed by atoms with Gasteiger partial charge in [0.15, 0.2) is 18.1 Å². The Kier molecular flexibility index (Phi) is 5.11. The fraction of sp³-hybridized carbons (Fsp3) is 0.273. The molecule has 2 N–H and O–H groups in total. The minimum Gasteiger partial charge on any atom is -0.482 e. The third kappa shape index (κ3) is 4.11. The zero-order valence-electron chi connectivity index (χ0n) is 19.0. The standard InChI is InChI=1S/C22H20FN7O5/c1-22(2,3)30-21(33)35-20(28-30)15-7-14(27-18-12(23)9-25-29(15)18)19(32)24-8-11-4-5-16-13(6-11)26-17(31)10-34-16/h4-7,9H,8,10H2,1-3H3,(H,24,32)(H,26,31). The topological polar surface area (TPSA) is 146 Å². The van der Waals surface area contributed by atoms with Gasteiger partial charge in [-0.2, -0.15) is 9.78 Å². The second kappa shape index (κ2) is 8.04. The number of aromatic nitrogens is 5. The van der Waals surface area contributed by atoms with Crippen molar-refractivity contribution in [3.63, 3.8) is 0 Å². The molecular formula is C22H20FN7O5. The van der Waals surface area contributed by atoms with E-state index in [-0.39, 0.29) is 42.0 Å². The summed E-state index contributed by atoms with van der Waals surface area (Å²) in [5.74, 6) is -1.95. The molecular weight excluding hydrogens is 461 g/mol. The highest BCUT2D eigenvalue weighted by atomic mass is 19.1. The molecule has 0 saturated heterocycles. The van der Waals surface area contributed by atoms with Crippen molar-refractivity contribution >= 4 is 23.1 Å². The summed E-state index contributed by atoms with van der Waals surface area (Å²) >= 11 is 0. The zero-order chi connectivity index (χ0) is 24.9. The molecule has 1 aliphatic rings. The van der Waals surface area contributed by atoms with Crippen molar-refractivity contribution < 1.29 is 23.1 Å². The van der Waals surface area contributed by atoms with Crippen molar-refractivity contribution in [2.24, 2.45) is 0 Å². The molecule has 0 aliphatic carbocycles. The molecule has 13 heteroatoms. The summed E-state index contributed by atoms with van der Waals surface area (Å²) in [5.41, 5.74) is 0.247. The Labute approximate surface area is 196 Å². The van der Waals surface area contributed by atoms with Crippen LogP contribution in [0.25, 0.3) is 17.2 Å². The lowest BCUT2D eigenvalue weighted by molar-refractivity contribution is -0.118. The highest BCUT2D eigenvalue weighted by Gasteiger charge is 2.25. The Morgan fingerprint density at radius 3 is 2.80 bits per heavy atom. The van der Waals surface area contributed by atoms with Crippen LogP contribution in [0, 0.1) is 5.82 Å². The Morgan fingerprint density at radius 2 is 2.06 bits per heavy atom. The van der Waals surface area contributed by atoms with Crippen molar-refractivity contribution in [3.8, 4) is 17.3 Å². The van der Waals surface area contributed by atoms with E-state index in [1.54, 1.807) is 39.0 Å². The normalized spacial score (nSPS) is 13.3. The molecule has 180 valence electrons. The van der Waals surface area contributed by atoms with Crippen LogP contribution < -0.4 is 21.1 Å². The number of hydrogen-bond donors (Lipinski definition) is 2. The van der Waals surface area contributed by atoms with Crippen LogP contribution >= 0.6 is 0 Å². The van der Waals surface area contributed by atoms with E-state index in [4.69, 9.17) is 9.15 Å². The first-order chi connectivity index (χ1) is 16.6. The minimum atomic E-state index is -0.760. The summed E-state index contributed by atoms with van der Waals surface area (Å²) in [6.45, 7) is 5.35. The maximum Gasteiger partial charge on any atom is 0.437 e. The number of carbonyl (C=O) groups excluding carboxylic acids is 2. The predicted octanol–water partition coefficient (Wildman–Crippen LogP) is 1.70. The van der Waals surface area contributed by atoms with Crippen molar-refractivity contribution in [1.82, 2.24) is 29.7 Å². The quantitative estimate of drug-likeness (QED) is 0.448. The molecule has 0 bridgehead atoms. The van der Waals surface area contributed by atoms with Crippen LogP contribution in [0.5, 0.6) is 5.75 Å². The first kappa shape index (κ1) is 22.3. The average Bonchev–Trinajstić information content (AvgIpc) is 3.39. The van der Waals surface area contributed by atoms with Gasteiger partial charge in [0.05, 0.1) is 17.4 Å². The highest BCUT2D eigenvalue weighted by molar-refractivity contribution is 5.95. The molecule has 0 radical (unpaired) electrons. The number of nitrogens with zero attached hydrogens (tertiary/aromatic N) is 5. The molecule has 0 fully saturated rings. The number of hydrogen-bond acceptors (Lipinski definition) is 8. The Hall–Kier alpha value is -4.55. The number of halogens is 1. The lowest BCUT2D eigenvalue weighted by atomic mass is 10.1. The first-order valence-corrected chi connectivity index (χ1v) is 10.6. The van der Waals surface area contributed by atoms with Crippen LogP contribution in [0.3, 0.4) is 0 Å². The number of benzene rings is 1. The maximum absolute atomic E-state index is 14.4. The largest absolute Gasteiger partial charge is 0.482 e. The van der Waals surface area contributed by atoms with Gasteiger partial charge in [-0.3, -0.25) is 9.59 Å². The molecule has 0 unspecified atom stereocenters. The predicted molar refractivity (Wildman–Crippen MR) is 119 cm³/mol. The summed E-state index contributed by atoms with van der Waals surface area (Å²) in [6, 6.07) is 6.42. The van der Waals surface area contributed by atoms with Gasteiger partial charge < -0.3 is 19.8 Å². The van der Waals surface area contributed by atoms with E-state index >= 15 is 0 Å². The van der Waals surface area contributed by atoms with Gasteiger partial charge in [0.2, 0.25) is 0 Å².